The maximum atomic E-state index is 12.8. The Labute approximate surface area is 259 Å². The van der Waals surface area contributed by atoms with Crippen molar-refractivity contribution in [2.24, 2.45) is 20.5 Å². The summed E-state index contributed by atoms with van der Waals surface area (Å²) < 4.78 is 10.2. The second-order valence-corrected chi connectivity index (χ2v) is 9.24. The molecule has 0 saturated carbocycles. The Morgan fingerprint density at radius 2 is 1.00 bits per heavy atom. The van der Waals surface area contributed by atoms with Crippen molar-refractivity contribution in [3.05, 3.63) is 80.9 Å². The molecule has 18 nitrogen and oxygen atoms in total. The second-order valence-electron chi connectivity index (χ2n) is 9.24. The minimum atomic E-state index is -1.56. The first-order valence-corrected chi connectivity index (χ1v) is 13.0. The van der Waals surface area contributed by atoms with Crippen LogP contribution in [-0.2, 0) is 19.2 Å². The minimum Gasteiger partial charge on any atom is -0.494 e. The van der Waals surface area contributed by atoms with Crippen LogP contribution in [0.15, 0.2) is 81.1 Å². The van der Waals surface area contributed by atoms with Gasteiger partial charge in [0.2, 0.25) is 12.1 Å². The number of hydrogen-bond acceptors (Lipinski definition) is 14. The highest BCUT2D eigenvalue weighted by atomic mass is 16.6. The zero-order chi connectivity index (χ0) is 34.0. The number of hydrogen-bond donors (Lipinski definition) is 2. The van der Waals surface area contributed by atoms with Crippen LogP contribution in [0.1, 0.15) is 13.8 Å². The van der Waals surface area contributed by atoms with E-state index in [1.54, 1.807) is 0 Å². The van der Waals surface area contributed by atoms with Gasteiger partial charge < -0.3 is 20.1 Å². The number of Topliss-reactive ketones (excluding diaryl/α,β-unsaturated/α-hetero) is 2. The van der Waals surface area contributed by atoms with E-state index in [0.717, 1.165) is 38.1 Å². The van der Waals surface area contributed by atoms with Gasteiger partial charge in [-0.2, -0.15) is 20.5 Å². The van der Waals surface area contributed by atoms with Crippen molar-refractivity contribution in [2.45, 2.75) is 25.9 Å². The molecule has 0 heterocycles. The van der Waals surface area contributed by atoms with Crippen molar-refractivity contribution in [1.82, 2.24) is 0 Å². The van der Waals surface area contributed by atoms with Gasteiger partial charge in [-0.1, -0.05) is 0 Å². The van der Waals surface area contributed by atoms with Crippen molar-refractivity contribution in [2.75, 3.05) is 24.9 Å². The van der Waals surface area contributed by atoms with Crippen LogP contribution in [0, 0.1) is 20.2 Å². The highest BCUT2D eigenvalue weighted by Gasteiger charge is 2.25. The molecule has 2 N–H and O–H groups in total. The molecule has 3 aromatic carbocycles. The molecule has 3 rings (SSSR count). The smallest absolute Gasteiger partial charge is 0.273 e. The third kappa shape index (κ3) is 8.78. The van der Waals surface area contributed by atoms with Gasteiger partial charge in [-0.3, -0.25) is 39.4 Å². The molecule has 3 aromatic rings. The quantitative estimate of drug-likeness (QED) is 0.105. The van der Waals surface area contributed by atoms with E-state index in [4.69, 9.17) is 9.47 Å². The largest absolute Gasteiger partial charge is 0.494 e. The van der Waals surface area contributed by atoms with Crippen LogP contribution in [0.3, 0.4) is 0 Å². The van der Waals surface area contributed by atoms with Crippen molar-refractivity contribution in [3.8, 4) is 11.5 Å². The summed E-state index contributed by atoms with van der Waals surface area (Å²) in [5, 5.41) is 42.3. The summed E-state index contributed by atoms with van der Waals surface area (Å²) in [6.07, 6.45) is 0. The average Bonchev–Trinajstić information content (AvgIpc) is 3.01. The minimum absolute atomic E-state index is 0.0119. The van der Waals surface area contributed by atoms with Crippen molar-refractivity contribution < 1.29 is 38.5 Å². The molecule has 2 unspecified atom stereocenters. The number of carbonyl (C=O) groups excluding carboxylic acids is 4. The Kier molecular flexibility index (Phi) is 11.3. The Balaban J connectivity index is 1.69. The van der Waals surface area contributed by atoms with Crippen LogP contribution in [0.5, 0.6) is 11.5 Å². The number of anilines is 2. The number of rotatable bonds is 14. The molecule has 46 heavy (non-hydrogen) atoms. The number of ether oxygens (including phenoxy) is 2. The number of carbonyl (C=O) groups is 4. The maximum Gasteiger partial charge on any atom is 0.273 e. The Morgan fingerprint density at radius 1 is 0.652 bits per heavy atom. The van der Waals surface area contributed by atoms with E-state index in [-0.39, 0.29) is 45.6 Å². The highest BCUT2D eigenvalue weighted by molar-refractivity contribution is 6.11. The number of nitrogens with one attached hydrogen (secondary N) is 2. The number of benzene rings is 3. The Morgan fingerprint density at radius 3 is 1.28 bits per heavy atom. The monoisotopic (exact) mass is 634 g/mol. The van der Waals surface area contributed by atoms with Crippen LogP contribution in [0.25, 0.3) is 0 Å². The van der Waals surface area contributed by atoms with E-state index in [1.807, 2.05) is 0 Å². The van der Waals surface area contributed by atoms with Crippen molar-refractivity contribution >= 4 is 57.5 Å². The fourth-order valence-corrected chi connectivity index (χ4v) is 3.66. The molecule has 2 amide bonds. The van der Waals surface area contributed by atoms with Gasteiger partial charge in [0.15, 0.2) is 23.1 Å². The first-order chi connectivity index (χ1) is 21.8. The summed E-state index contributed by atoms with van der Waals surface area (Å²) in [5.74, 6) is -2.90. The molecule has 0 fully saturated rings. The number of ketones is 2. The first-order valence-electron chi connectivity index (χ1n) is 13.0. The maximum absolute atomic E-state index is 12.8. The van der Waals surface area contributed by atoms with Gasteiger partial charge in [-0.25, -0.2) is 0 Å². The van der Waals surface area contributed by atoms with Gasteiger partial charge in [0.05, 0.1) is 36.2 Å². The molecule has 0 spiro atoms. The molecule has 0 aliphatic heterocycles. The molecule has 0 bridgehead atoms. The summed E-state index contributed by atoms with van der Waals surface area (Å²) >= 11 is 0. The van der Waals surface area contributed by atoms with Gasteiger partial charge in [-0.15, -0.1) is 0 Å². The molecule has 2 atom stereocenters. The number of nitrogens with zero attached hydrogens (tertiary/aromatic N) is 6. The molecular weight excluding hydrogens is 608 g/mol. The van der Waals surface area contributed by atoms with Gasteiger partial charge in [-0.05, 0) is 50.2 Å². The Hall–Kier alpha value is -6.46. The lowest BCUT2D eigenvalue weighted by Gasteiger charge is -2.12. The number of nitro benzene ring substituents is 2. The predicted molar refractivity (Wildman–Crippen MR) is 161 cm³/mol. The van der Waals surface area contributed by atoms with Crippen LogP contribution < -0.4 is 20.1 Å². The van der Waals surface area contributed by atoms with E-state index in [9.17, 15) is 39.4 Å². The van der Waals surface area contributed by atoms with E-state index in [1.165, 1.54) is 50.6 Å². The van der Waals surface area contributed by atoms with E-state index in [0.29, 0.717) is 0 Å². The van der Waals surface area contributed by atoms with E-state index < -0.39 is 45.3 Å². The van der Waals surface area contributed by atoms with Crippen LogP contribution in [-0.4, -0.2) is 59.5 Å². The van der Waals surface area contributed by atoms with E-state index in [2.05, 4.69) is 31.1 Å². The number of non-ortho nitro benzene ring substituents is 2. The molecule has 18 heteroatoms. The molecular formula is C28H26N8O10. The second kappa shape index (κ2) is 15.3. The van der Waals surface area contributed by atoms with Gasteiger partial charge >= 0.3 is 0 Å². The molecule has 0 saturated heterocycles. The van der Waals surface area contributed by atoms with Gasteiger partial charge in [0, 0.05) is 23.5 Å². The fourth-order valence-electron chi connectivity index (χ4n) is 3.66. The standard InChI is InChI=1S/C28H26N8O10/c1-15(37)25(33-31-21-11-9-19(35(41)42)13-23(21)45-3)27(39)29-17-5-7-18(8-6-17)30-28(40)26(16(2)38)34-32-22-12-10-20(36(43)44)14-24(22)46-4/h5-14,25-26H,1-4H3,(H,29,39)(H,30,40). The van der Waals surface area contributed by atoms with Crippen molar-refractivity contribution in [1.29, 1.82) is 0 Å². The van der Waals surface area contributed by atoms with Crippen LogP contribution >= 0.6 is 0 Å². The lowest BCUT2D eigenvalue weighted by Crippen LogP contribution is -2.32. The number of nitro groups is 2. The van der Waals surface area contributed by atoms with E-state index >= 15 is 0 Å². The summed E-state index contributed by atoms with van der Waals surface area (Å²) in [6, 6.07) is 9.60. The molecule has 0 radical (unpaired) electrons. The van der Waals surface area contributed by atoms with Crippen molar-refractivity contribution in [3.63, 3.8) is 0 Å². The lowest BCUT2D eigenvalue weighted by molar-refractivity contribution is -0.385. The zero-order valence-electron chi connectivity index (χ0n) is 24.7. The molecule has 0 aliphatic carbocycles. The third-order valence-electron chi connectivity index (χ3n) is 6.00. The molecule has 0 aromatic heterocycles. The number of methoxy groups -OCH3 is 2. The first kappa shape index (κ1) is 34.0. The summed E-state index contributed by atoms with van der Waals surface area (Å²) in [7, 11) is 2.53. The summed E-state index contributed by atoms with van der Waals surface area (Å²) in [6.45, 7) is 2.27. The third-order valence-corrected chi connectivity index (χ3v) is 6.00. The SMILES string of the molecule is COc1cc([N+](=O)[O-])ccc1N=NC(C(C)=O)C(=O)Nc1ccc(NC(=O)C(N=Nc2ccc([N+](=O)[O-])cc2OC)C(C)=O)cc1. The number of azo groups is 2. The normalized spacial score (nSPS) is 12.3. The van der Waals surface area contributed by atoms with Gasteiger partial charge in [0.1, 0.15) is 11.4 Å². The van der Waals surface area contributed by atoms with Crippen LogP contribution in [0.4, 0.5) is 34.1 Å². The molecule has 0 aliphatic rings. The topological polar surface area (TPSA) is 247 Å². The predicted octanol–water partition coefficient (Wildman–Crippen LogP) is 4.88. The highest BCUT2D eigenvalue weighted by Crippen LogP contribution is 2.33. The summed E-state index contributed by atoms with van der Waals surface area (Å²) in [5.41, 5.74) is 0.0711. The molecule has 238 valence electrons. The summed E-state index contributed by atoms with van der Waals surface area (Å²) in [4.78, 5) is 70.6. The lowest BCUT2D eigenvalue weighted by atomic mass is 10.2. The Bertz CT molecular complexity index is 1610. The van der Waals surface area contributed by atoms with Gasteiger partial charge in [0.25, 0.3) is 23.2 Å². The number of amides is 2. The van der Waals surface area contributed by atoms with Crippen LogP contribution in [0.2, 0.25) is 0 Å². The average molecular weight is 635 g/mol. The fraction of sp³-hybridized carbons (Fsp3) is 0.214. The zero-order valence-corrected chi connectivity index (χ0v) is 24.7.